The first-order valence-corrected chi connectivity index (χ1v) is 12.6. The second-order valence-corrected chi connectivity index (χ2v) is 11.2. The summed E-state index contributed by atoms with van der Waals surface area (Å²) in [5.41, 5.74) is 5.14. The van der Waals surface area contributed by atoms with E-state index in [1.807, 2.05) is 12.1 Å². The SMILES string of the molecule is CC(C)(C)C1CN(c2cc(C3CC3)cn3cc(CNc4ccnc(Br)c4)nc23)CCN1C(=O)O. The van der Waals surface area contributed by atoms with Gasteiger partial charge in [0.1, 0.15) is 4.60 Å². The van der Waals surface area contributed by atoms with E-state index in [-0.39, 0.29) is 11.5 Å². The zero-order valence-corrected chi connectivity index (χ0v) is 21.4. The van der Waals surface area contributed by atoms with Gasteiger partial charge < -0.3 is 24.6 Å². The van der Waals surface area contributed by atoms with Crippen molar-refractivity contribution in [2.75, 3.05) is 29.9 Å². The second-order valence-electron chi connectivity index (χ2n) is 10.4. The third-order valence-corrected chi connectivity index (χ3v) is 7.25. The van der Waals surface area contributed by atoms with E-state index in [2.05, 4.69) is 74.8 Å². The summed E-state index contributed by atoms with van der Waals surface area (Å²) in [7, 11) is 0. The monoisotopic (exact) mass is 526 g/mol. The Balaban J connectivity index is 1.46. The normalized spacial score (nSPS) is 19.0. The molecule has 0 aromatic carbocycles. The van der Waals surface area contributed by atoms with E-state index in [0.29, 0.717) is 32.1 Å². The Morgan fingerprint density at radius 2 is 2.03 bits per heavy atom. The van der Waals surface area contributed by atoms with Gasteiger partial charge in [0, 0.05) is 43.9 Å². The van der Waals surface area contributed by atoms with Crippen molar-refractivity contribution >= 4 is 39.0 Å². The predicted molar refractivity (Wildman–Crippen MR) is 137 cm³/mol. The fourth-order valence-corrected chi connectivity index (χ4v) is 5.15. The molecule has 0 bridgehead atoms. The minimum atomic E-state index is -0.839. The Bertz CT molecular complexity index is 1220. The number of hydrogen-bond donors (Lipinski definition) is 2. The predicted octanol–water partition coefficient (Wildman–Crippen LogP) is 5.20. The summed E-state index contributed by atoms with van der Waals surface area (Å²) in [5, 5.41) is 13.2. The molecular formula is C25H31BrN6O2. The van der Waals surface area contributed by atoms with Crippen molar-refractivity contribution in [3.05, 3.63) is 52.7 Å². The smallest absolute Gasteiger partial charge is 0.407 e. The zero-order chi connectivity index (χ0) is 24.0. The fourth-order valence-electron chi connectivity index (χ4n) is 4.79. The zero-order valence-electron chi connectivity index (χ0n) is 19.8. The molecule has 9 heteroatoms. The summed E-state index contributed by atoms with van der Waals surface area (Å²) in [6.45, 7) is 8.76. The van der Waals surface area contributed by atoms with E-state index >= 15 is 0 Å². The highest BCUT2D eigenvalue weighted by Crippen LogP contribution is 2.42. The van der Waals surface area contributed by atoms with Gasteiger partial charge in [-0.05, 0) is 63.9 Å². The lowest BCUT2D eigenvalue weighted by Crippen LogP contribution is -2.59. The van der Waals surface area contributed by atoms with Gasteiger partial charge in [0.25, 0.3) is 0 Å². The molecule has 1 unspecified atom stereocenters. The number of piperazine rings is 1. The molecule has 4 heterocycles. The molecule has 1 aliphatic carbocycles. The first-order chi connectivity index (χ1) is 16.2. The maximum absolute atomic E-state index is 11.9. The van der Waals surface area contributed by atoms with E-state index in [9.17, 15) is 9.90 Å². The summed E-state index contributed by atoms with van der Waals surface area (Å²) in [6.07, 6.45) is 7.69. The molecule has 1 atom stereocenters. The molecule has 0 radical (unpaired) electrons. The summed E-state index contributed by atoms with van der Waals surface area (Å²) >= 11 is 3.41. The van der Waals surface area contributed by atoms with Crippen molar-refractivity contribution < 1.29 is 9.90 Å². The van der Waals surface area contributed by atoms with Gasteiger partial charge in [0.05, 0.1) is 24.0 Å². The summed E-state index contributed by atoms with van der Waals surface area (Å²) < 4.78 is 2.94. The van der Waals surface area contributed by atoms with Crippen LogP contribution in [0.5, 0.6) is 0 Å². The molecule has 1 saturated carbocycles. The first-order valence-electron chi connectivity index (χ1n) is 11.8. The molecule has 1 aliphatic heterocycles. The number of carbonyl (C=O) groups is 1. The minimum absolute atomic E-state index is 0.0929. The number of nitrogens with zero attached hydrogens (tertiary/aromatic N) is 5. The van der Waals surface area contributed by atoms with E-state index in [1.165, 1.54) is 18.4 Å². The highest BCUT2D eigenvalue weighted by atomic mass is 79.9. The van der Waals surface area contributed by atoms with E-state index in [1.54, 1.807) is 11.1 Å². The second kappa shape index (κ2) is 8.76. The maximum Gasteiger partial charge on any atom is 0.407 e. The number of nitrogens with one attached hydrogen (secondary N) is 1. The van der Waals surface area contributed by atoms with Gasteiger partial charge in [-0.15, -0.1) is 0 Å². The summed E-state index contributed by atoms with van der Waals surface area (Å²) in [4.78, 5) is 25.0. The van der Waals surface area contributed by atoms with Crippen molar-refractivity contribution in [1.29, 1.82) is 0 Å². The van der Waals surface area contributed by atoms with Crippen LogP contribution in [-0.2, 0) is 6.54 Å². The van der Waals surface area contributed by atoms with Crippen molar-refractivity contribution in [2.45, 2.75) is 52.1 Å². The third kappa shape index (κ3) is 4.71. The number of hydrogen-bond acceptors (Lipinski definition) is 5. The molecule has 1 amide bonds. The third-order valence-electron chi connectivity index (χ3n) is 6.82. The largest absolute Gasteiger partial charge is 0.465 e. The summed E-state index contributed by atoms with van der Waals surface area (Å²) in [5.74, 6) is 0.611. The van der Waals surface area contributed by atoms with Crippen LogP contribution >= 0.6 is 15.9 Å². The van der Waals surface area contributed by atoms with Crippen LogP contribution in [0.2, 0.25) is 0 Å². The van der Waals surface area contributed by atoms with Crippen LogP contribution in [0.1, 0.15) is 50.8 Å². The van der Waals surface area contributed by atoms with Gasteiger partial charge in [-0.3, -0.25) is 0 Å². The van der Waals surface area contributed by atoms with Gasteiger partial charge in [-0.25, -0.2) is 14.8 Å². The lowest BCUT2D eigenvalue weighted by Gasteiger charge is -2.46. The Morgan fingerprint density at radius 3 is 2.71 bits per heavy atom. The topological polar surface area (TPSA) is 86.0 Å². The number of imidazole rings is 1. The number of halogens is 1. The Kier molecular flexibility index (Phi) is 5.91. The number of carboxylic acid groups (broad SMARTS) is 1. The van der Waals surface area contributed by atoms with Gasteiger partial charge >= 0.3 is 6.09 Å². The molecule has 1 saturated heterocycles. The molecule has 34 heavy (non-hydrogen) atoms. The maximum atomic E-state index is 11.9. The van der Waals surface area contributed by atoms with Crippen LogP contribution in [0, 0.1) is 5.41 Å². The molecule has 5 rings (SSSR count). The van der Waals surface area contributed by atoms with E-state index in [0.717, 1.165) is 27.3 Å². The van der Waals surface area contributed by atoms with Crippen molar-refractivity contribution in [3.63, 3.8) is 0 Å². The molecule has 180 valence electrons. The molecule has 2 aliphatic rings. The van der Waals surface area contributed by atoms with Gasteiger partial charge in [0.15, 0.2) is 5.65 Å². The highest BCUT2D eigenvalue weighted by molar-refractivity contribution is 9.10. The molecule has 3 aromatic rings. The fraction of sp³-hybridized carbons (Fsp3) is 0.480. The lowest BCUT2D eigenvalue weighted by molar-refractivity contribution is 0.0749. The lowest BCUT2D eigenvalue weighted by atomic mass is 9.84. The molecular weight excluding hydrogens is 496 g/mol. The number of rotatable bonds is 5. The average Bonchev–Trinajstić information content (AvgIpc) is 3.55. The molecule has 3 aromatic heterocycles. The number of amides is 1. The van der Waals surface area contributed by atoms with Crippen molar-refractivity contribution in [1.82, 2.24) is 19.3 Å². The highest BCUT2D eigenvalue weighted by Gasteiger charge is 2.39. The number of fused-ring (bicyclic) bond motifs is 1. The minimum Gasteiger partial charge on any atom is -0.465 e. The molecule has 2 N–H and O–H groups in total. The Morgan fingerprint density at radius 1 is 1.24 bits per heavy atom. The van der Waals surface area contributed by atoms with Gasteiger partial charge in [0.2, 0.25) is 0 Å². The van der Waals surface area contributed by atoms with E-state index < -0.39 is 6.09 Å². The first kappa shape index (κ1) is 23.0. The van der Waals surface area contributed by atoms with Crippen LogP contribution in [0.3, 0.4) is 0 Å². The number of pyridine rings is 2. The number of anilines is 2. The molecule has 2 fully saturated rings. The van der Waals surface area contributed by atoms with Crippen LogP contribution in [0.15, 0.2) is 41.4 Å². The van der Waals surface area contributed by atoms with Crippen LogP contribution < -0.4 is 10.2 Å². The summed E-state index contributed by atoms with van der Waals surface area (Å²) in [6, 6.07) is 6.07. The van der Waals surface area contributed by atoms with E-state index in [4.69, 9.17) is 4.98 Å². The Hall–Kier alpha value is -2.81. The quantitative estimate of drug-likeness (QED) is 0.444. The average molecular weight is 527 g/mol. The van der Waals surface area contributed by atoms with Crippen LogP contribution in [0.25, 0.3) is 5.65 Å². The molecule has 8 nitrogen and oxygen atoms in total. The van der Waals surface area contributed by atoms with Crippen molar-refractivity contribution in [3.8, 4) is 0 Å². The standard InChI is InChI=1S/C25H31BrN6O2/c1-25(2,3)21-15-30(8-9-32(21)24(33)34)20-10-17(16-4-5-16)13-31-14-19(29-23(20)31)12-28-18-6-7-27-22(26)11-18/h6-7,10-11,13-14,16,21H,4-5,8-9,12,15H2,1-3H3,(H,27,28)(H,33,34). The van der Waals surface area contributed by atoms with Crippen molar-refractivity contribution in [2.24, 2.45) is 5.41 Å². The van der Waals surface area contributed by atoms with Gasteiger partial charge in [-0.1, -0.05) is 20.8 Å². The Labute approximate surface area is 208 Å². The number of aromatic nitrogens is 3. The van der Waals surface area contributed by atoms with Crippen LogP contribution in [-0.4, -0.2) is 56.1 Å². The van der Waals surface area contributed by atoms with Gasteiger partial charge in [-0.2, -0.15) is 0 Å². The van der Waals surface area contributed by atoms with Crippen LogP contribution in [0.4, 0.5) is 16.2 Å². The molecule has 0 spiro atoms.